The van der Waals surface area contributed by atoms with E-state index >= 15 is 0 Å². The lowest BCUT2D eigenvalue weighted by molar-refractivity contribution is 0.378. The summed E-state index contributed by atoms with van der Waals surface area (Å²) in [6.07, 6.45) is 6.08. The molecule has 0 fully saturated rings. The van der Waals surface area contributed by atoms with Crippen molar-refractivity contribution in [3.8, 4) is 0 Å². The van der Waals surface area contributed by atoms with Crippen molar-refractivity contribution in [1.29, 1.82) is 0 Å². The monoisotopic (exact) mass is 233 g/mol. The molecule has 17 heavy (non-hydrogen) atoms. The Morgan fingerprint density at radius 1 is 1.18 bits per heavy atom. The molecule has 1 rings (SSSR count). The lowest BCUT2D eigenvalue weighted by atomic mass is 9.87. The highest BCUT2D eigenvalue weighted by atomic mass is 14.6. The molecule has 0 bridgehead atoms. The van der Waals surface area contributed by atoms with Gasteiger partial charge in [0.15, 0.2) is 0 Å². The van der Waals surface area contributed by atoms with Crippen molar-refractivity contribution in [2.24, 2.45) is 11.7 Å². The lowest BCUT2D eigenvalue weighted by Crippen LogP contribution is -2.21. The van der Waals surface area contributed by atoms with Gasteiger partial charge in [0.25, 0.3) is 0 Å². The van der Waals surface area contributed by atoms with Crippen LogP contribution in [0.25, 0.3) is 0 Å². The van der Waals surface area contributed by atoms with Gasteiger partial charge in [0.05, 0.1) is 0 Å². The van der Waals surface area contributed by atoms with Crippen LogP contribution in [-0.4, -0.2) is 0 Å². The summed E-state index contributed by atoms with van der Waals surface area (Å²) in [7, 11) is 0. The highest BCUT2D eigenvalue weighted by molar-refractivity contribution is 5.26. The van der Waals surface area contributed by atoms with Gasteiger partial charge in [0.1, 0.15) is 0 Å². The van der Waals surface area contributed by atoms with E-state index in [0.717, 1.165) is 6.42 Å². The Morgan fingerprint density at radius 2 is 1.94 bits per heavy atom. The topological polar surface area (TPSA) is 26.0 Å². The standard InChI is InChI=1S/C16H27N/c1-4-7-10-14(6-3)16(17)15-11-8-9-13(5-2)12-15/h8-9,11-12,14,16H,4-7,10,17H2,1-3H3. The van der Waals surface area contributed by atoms with Crippen LogP contribution >= 0.6 is 0 Å². The molecule has 0 saturated heterocycles. The number of unbranched alkanes of at least 4 members (excludes halogenated alkanes) is 1. The first-order valence-corrected chi connectivity index (χ1v) is 7.07. The Hall–Kier alpha value is -0.820. The van der Waals surface area contributed by atoms with Gasteiger partial charge in [0, 0.05) is 6.04 Å². The van der Waals surface area contributed by atoms with Crippen molar-refractivity contribution in [2.75, 3.05) is 0 Å². The molecule has 1 aromatic rings. The molecule has 0 saturated carbocycles. The first kappa shape index (κ1) is 14.2. The average Bonchev–Trinajstić information content (AvgIpc) is 2.39. The second-order valence-electron chi connectivity index (χ2n) is 4.93. The molecule has 0 heterocycles. The van der Waals surface area contributed by atoms with Crippen LogP contribution in [0.15, 0.2) is 24.3 Å². The minimum absolute atomic E-state index is 0.207. The first-order chi connectivity index (χ1) is 8.22. The molecule has 1 nitrogen and oxygen atoms in total. The van der Waals surface area contributed by atoms with E-state index in [2.05, 4.69) is 45.0 Å². The summed E-state index contributed by atoms with van der Waals surface area (Å²) in [6, 6.07) is 8.99. The highest BCUT2D eigenvalue weighted by Crippen LogP contribution is 2.27. The molecule has 0 aliphatic heterocycles. The van der Waals surface area contributed by atoms with Gasteiger partial charge in [-0.3, -0.25) is 0 Å². The maximum Gasteiger partial charge on any atom is 0.0323 e. The number of rotatable bonds is 7. The second kappa shape index (κ2) is 7.50. The van der Waals surface area contributed by atoms with Gasteiger partial charge in [0.2, 0.25) is 0 Å². The van der Waals surface area contributed by atoms with Gasteiger partial charge in [-0.1, -0.05) is 64.3 Å². The third kappa shape index (κ3) is 4.16. The van der Waals surface area contributed by atoms with Crippen LogP contribution in [0.3, 0.4) is 0 Å². The third-order valence-electron chi connectivity index (χ3n) is 3.70. The molecular weight excluding hydrogens is 206 g/mol. The van der Waals surface area contributed by atoms with E-state index in [1.54, 1.807) is 0 Å². The molecule has 1 aromatic carbocycles. The Morgan fingerprint density at radius 3 is 2.53 bits per heavy atom. The minimum atomic E-state index is 0.207. The van der Waals surface area contributed by atoms with Crippen LogP contribution in [-0.2, 0) is 6.42 Å². The Bertz CT molecular complexity index is 319. The van der Waals surface area contributed by atoms with Crippen LogP contribution in [0.4, 0.5) is 0 Å². The summed E-state index contributed by atoms with van der Waals surface area (Å²) in [5, 5.41) is 0. The zero-order valence-corrected chi connectivity index (χ0v) is 11.6. The van der Waals surface area contributed by atoms with Gasteiger partial charge in [-0.05, 0) is 29.9 Å². The van der Waals surface area contributed by atoms with Gasteiger partial charge in [-0.2, -0.15) is 0 Å². The molecule has 0 spiro atoms. The minimum Gasteiger partial charge on any atom is -0.324 e. The summed E-state index contributed by atoms with van der Waals surface area (Å²) in [5.74, 6) is 0.627. The summed E-state index contributed by atoms with van der Waals surface area (Å²) < 4.78 is 0. The number of aryl methyl sites for hydroxylation is 1. The van der Waals surface area contributed by atoms with Gasteiger partial charge >= 0.3 is 0 Å². The molecule has 2 atom stereocenters. The van der Waals surface area contributed by atoms with Crippen molar-refractivity contribution in [1.82, 2.24) is 0 Å². The predicted molar refractivity (Wildman–Crippen MR) is 76.1 cm³/mol. The molecule has 2 N–H and O–H groups in total. The van der Waals surface area contributed by atoms with E-state index in [1.165, 1.54) is 36.8 Å². The molecule has 0 aliphatic carbocycles. The van der Waals surface area contributed by atoms with Crippen LogP contribution in [0.5, 0.6) is 0 Å². The van der Waals surface area contributed by atoms with E-state index in [1.807, 2.05) is 0 Å². The van der Waals surface area contributed by atoms with Crippen LogP contribution in [0.2, 0.25) is 0 Å². The molecular formula is C16H27N. The SMILES string of the molecule is CCCCC(CC)C(N)c1cccc(CC)c1. The molecule has 0 radical (unpaired) electrons. The second-order valence-corrected chi connectivity index (χ2v) is 4.93. The van der Waals surface area contributed by atoms with Crippen LogP contribution in [0.1, 0.15) is 63.6 Å². The van der Waals surface area contributed by atoms with E-state index < -0.39 is 0 Å². The predicted octanol–water partition coefficient (Wildman–Crippen LogP) is 4.47. The molecule has 96 valence electrons. The van der Waals surface area contributed by atoms with Gasteiger partial charge < -0.3 is 5.73 Å². The fourth-order valence-electron chi connectivity index (χ4n) is 2.40. The van der Waals surface area contributed by atoms with Crippen molar-refractivity contribution < 1.29 is 0 Å². The smallest absolute Gasteiger partial charge is 0.0323 e. The summed E-state index contributed by atoms with van der Waals surface area (Å²) in [4.78, 5) is 0. The quantitative estimate of drug-likeness (QED) is 0.739. The number of hydrogen-bond acceptors (Lipinski definition) is 1. The fraction of sp³-hybridized carbons (Fsp3) is 0.625. The maximum atomic E-state index is 6.41. The average molecular weight is 233 g/mol. The summed E-state index contributed by atoms with van der Waals surface area (Å²) in [5.41, 5.74) is 9.12. The third-order valence-corrected chi connectivity index (χ3v) is 3.70. The zero-order valence-electron chi connectivity index (χ0n) is 11.6. The van der Waals surface area contributed by atoms with E-state index in [4.69, 9.17) is 5.73 Å². The Labute approximate surface area is 106 Å². The molecule has 2 unspecified atom stereocenters. The summed E-state index contributed by atoms with van der Waals surface area (Å²) >= 11 is 0. The van der Waals surface area contributed by atoms with E-state index in [9.17, 15) is 0 Å². The van der Waals surface area contributed by atoms with E-state index in [-0.39, 0.29) is 6.04 Å². The highest BCUT2D eigenvalue weighted by Gasteiger charge is 2.17. The Balaban J connectivity index is 2.74. The largest absolute Gasteiger partial charge is 0.324 e. The van der Waals surface area contributed by atoms with Gasteiger partial charge in [-0.25, -0.2) is 0 Å². The number of hydrogen-bond donors (Lipinski definition) is 1. The number of nitrogens with two attached hydrogens (primary N) is 1. The van der Waals surface area contributed by atoms with Gasteiger partial charge in [-0.15, -0.1) is 0 Å². The Kier molecular flexibility index (Phi) is 6.28. The van der Waals surface area contributed by atoms with Crippen molar-refractivity contribution in [3.63, 3.8) is 0 Å². The van der Waals surface area contributed by atoms with Crippen LogP contribution < -0.4 is 5.73 Å². The van der Waals surface area contributed by atoms with Crippen molar-refractivity contribution in [3.05, 3.63) is 35.4 Å². The fourth-order valence-corrected chi connectivity index (χ4v) is 2.40. The van der Waals surface area contributed by atoms with Crippen molar-refractivity contribution >= 4 is 0 Å². The first-order valence-electron chi connectivity index (χ1n) is 7.07. The number of benzene rings is 1. The molecule has 0 aliphatic rings. The van der Waals surface area contributed by atoms with E-state index in [0.29, 0.717) is 5.92 Å². The molecule has 1 heteroatoms. The van der Waals surface area contributed by atoms with Crippen LogP contribution in [0, 0.1) is 5.92 Å². The maximum absolute atomic E-state index is 6.41. The molecule has 0 amide bonds. The lowest BCUT2D eigenvalue weighted by Gasteiger charge is -2.23. The normalized spacial score (nSPS) is 14.6. The van der Waals surface area contributed by atoms with Crippen molar-refractivity contribution in [2.45, 2.75) is 58.9 Å². The summed E-state index contributed by atoms with van der Waals surface area (Å²) in [6.45, 7) is 6.69. The zero-order chi connectivity index (χ0) is 12.7. The molecule has 0 aromatic heterocycles.